The van der Waals surface area contributed by atoms with Gasteiger partial charge in [-0.3, -0.25) is 4.79 Å². The number of methoxy groups -OCH3 is 1. The molecular weight excluding hydrogens is 442 g/mol. The average Bonchev–Trinajstić information content (AvgIpc) is 3.11. The van der Waals surface area contributed by atoms with Crippen molar-refractivity contribution in [2.24, 2.45) is 0 Å². The van der Waals surface area contributed by atoms with Gasteiger partial charge in [0.15, 0.2) is 5.82 Å². The Balaban J connectivity index is 1.38. The lowest BCUT2D eigenvalue weighted by Crippen LogP contribution is -2.12. The summed E-state index contributed by atoms with van der Waals surface area (Å²) in [6.45, 7) is 7.85. The molecule has 2 aromatic heterocycles. The first-order valence-corrected chi connectivity index (χ1v) is 11.4. The topological polar surface area (TPSA) is 91.2 Å². The molecule has 0 atom stereocenters. The van der Waals surface area contributed by atoms with Crippen LogP contribution < -0.4 is 14.8 Å². The highest BCUT2D eigenvalue weighted by atomic mass is 16.5. The molecule has 1 amide bonds. The molecule has 180 valence electrons. The smallest absolute Gasteiger partial charge is 0.224 e. The fourth-order valence-corrected chi connectivity index (χ4v) is 3.63. The first-order valence-electron chi connectivity index (χ1n) is 11.4. The fraction of sp³-hybridized carbons (Fsp3) is 0.259. The van der Waals surface area contributed by atoms with E-state index in [4.69, 9.17) is 9.47 Å². The van der Waals surface area contributed by atoms with Crippen LogP contribution in [0.2, 0.25) is 0 Å². The van der Waals surface area contributed by atoms with Crippen molar-refractivity contribution in [2.75, 3.05) is 12.4 Å². The quantitative estimate of drug-likeness (QED) is 0.377. The van der Waals surface area contributed by atoms with Gasteiger partial charge in [0.25, 0.3) is 0 Å². The van der Waals surface area contributed by atoms with E-state index in [0.717, 1.165) is 28.3 Å². The van der Waals surface area contributed by atoms with E-state index < -0.39 is 0 Å². The maximum atomic E-state index is 12.4. The second-order valence-corrected chi connectivity index (χ2v) is 8.34. The summed E-state index contributed by atoms with van der Waals surface area (Å²) in [5.74, 6) is 3.02. The molecule has 0 bridgehead atoms. The van der Waals surface area contributed by atoms with E-state index in [9.17, 15) is 4.79 Å². The molecule has 8 heteroatoms. The van der Waals surface area contributed by atoms with Gasteiger partial charge in [-0.1, -0.05) is 12.1 Å². The predicted molar refractivity (Wildman–Crippen MR) is 135 cm³/mol. The summed E-state index contributed by atoms with van der Waals surface area (Å²) in [5.41, 5.74) is 4.90. The Bertz CT molecular complexity index is 1330. The normalized spacial score (nSPS) is 10.8. The molecule has 35 heavy (non-hydrogen) atoms. The molecule has 0 saturated carbocycles. The first-order chi connectivity index (χ1) is 16.8. The zero-order chi connectivity index (χ0) is 24.9. The average molecular weight is 472 g/mol. The molecule has 0 saturated heterocycles. The van der Waals surface area contributed by atoms with Gasteiger partial charge in [-0.05, 0) is 81.6 Å². The molecule has 0 unspecified atom stereocenters. The van der Waals surface area contributed by atoms with Crippen molar-refractivity contribution in [2.45, 2.75) is 40.5 Å². The van der Waals surface area contributed by atoms with Gasteiger partial charge in [-0.2, -0.15) is 10.1 Å². The minimum atomic E-state index is -0.0502. The number of hydrogen-bond donors (Lipinski definition) is 1. The highest BCUT2D eigenvalue weighted by Crippen LogP contribution is 2.24. The first kappa shape index (κ1) is 23.9. The van der Waals surface area contributed by atoms with Gasteiger partial charge in [-0.15, -0.1) is 0 Å². The number of amides is 1. The zero-order valence-corrected chi connectivity index (χ0v) is 20.6. The molecule has 0 aliphatic heterocycles. The van der Waals surface area contributed by atoms with Crippen molar-refractivity contribution in [3.8, 4) is 23.2 Å². The van der Waals surface area contributed by atoms with E-state index in [1.165, 1.54) is 0 Å². The van der Waals surface area contributed by atoms with Crippen LogP contribution in [-0.2, 0) is 11.2 Å². The molecule has 8 nitrogen and oxygen atoms in total. The molecule has 2 heterocycles. The number of carbonyl (C=O) groups is 1. The molecule has 4 aromatic rings. The lowest BCUT2D eigenvalue weighted by atomic mass is 10.1. The van der Waals surface area contributed by atoms with Gasteiger partial charge >= 0.3 is 0 Å². The van der Waals surface area contributed by atoms with Crippen LogP contribution in [-0.4, -0.2) is 32.8 Å². The van der Waals surface area contributed by atoms with E-state index in [2.05, 4.69) is 20.4 Å². The third-order valence-electron chi connectivity index (χ3n) is 5.83. The van der Waals surface area contributed by atoms with Gasteiger partial charge < -0.3 is 14.8 Å². The van der Waals surface area contributed by atoms with Crippen molar-refractivity contribution in [1.82, 2.24) is 19.7 Å². The molecule has 0 radical (unpaired) electrons. The van der Waals surface area contributed by atoms with E-state index >= 15 is 0 Å². The van der Waals surface area contributed by atoms with Crippen molar-refractivity contribution in [3.63, 3.8) is 0 Å². The highest BCUT2D eigenvalue weighted by molar-refractivity contribution is 5.90. The maximum Gasteiger partial charge on any atom is 0.224 e. The van der Waals surface area contributed by atoms with Crippen molar-refractivity contribution >= 4 is 11.6 Å². The number of nitrogens with one attached hydrogen (secondary N) is 1. The zero-order valence-electron chi connectivity index (χ0n) is 20.6. The molecule has 1 N–H and O–H groups in total. The van der Waals surface area contributed by atoms with E-state index in [1.807, 2.05) is 52.0 Å². The molecular formula is C27H29N5O3. The lowest BCUT2D eigenvalue weighted by molar-refractivity contribution is -0.116. The Morgan fingerprint density at radius 1 is 0.943 bits per heavy atom. The predicted octanol–water partition coefficient (Wildman–Crippen LogP) is 5.27. The van der Waals surface area contributed by atoms with Gasteiger partial charge in [0.1, 0.15) is 17.3 Å². The fourth-order valence-electron chi connectivity index (χ4n) is 3.63. The van der Waals surface area contributed by atoms with E-state index in [0.29, 0.717) is 41.8 Å². The Morgan fingerprint density at radius 2 is 1.63 bits per heavy atom. The number of aryl methyl sites for hydroxylation is 3. The Kier molecular flexibility index (Phi) is 7.10. The van der Waals surface area contributed by atoms with Gasteiger partial charge in [0, 0.05) is 23.9 Å². The number of carbonyl (C=O) groups excluding carboxylic acids is 1. The standard InChI is InChI=1S/C27H29N5O3/c1-17-18(2)31-32(19(17)3)25-16-27(29-20(4)28-25)35-24-13-9-22(10-14-24)30-26(33)15-8-21-6-11-23(34-5)12-7-21/h6-7,9-14,16H,8,15H2,1-5H3,(H,30,33). The molecule has 4 rings (SSSR count). The van der Waals surface area contributed by atoms with E-state index in [1.54, 1.807) is 42.1 Å². The van der Waals surface area contributed by atoms with Gasteiger partial charge in [0.05, 0.1) is 12.8 Å². The van der Waals surface area contributed by atoms with Crippen molar-refractivity contribution < 1.29 is 14.3 Å². The number of anilines is 1. The largest absolute Gasteiger partial charge is 0.497 e. The number of aromatic nitrogens is 4. The number of ether oxygens (including phenoxy) is 2. The van der Waals surface area contributed by atoms with Crippen LogP contribution in [0.25, 0.3) is 5.82 Å². The minimum Gasteiger partial charge on any atom is -0.497 e. The summed E-state index contributed by atoms with van der Waals surface area (Å²) in [6.07, 6.45) is 1.04. The summed E-state index contributed by atoms with van der Waals surface area (Å²) >= 11 is 0. The van der Waals surface area contributed by atoms with Crippen LogP contribution in [0.15, 0.2) is 54.6 Å². The third kappa shape index (κ3) is 5.84. The second kappa shape index (κ2) is 10.4. The van der Waals surface area contributed by atoms with Crippen LogP contribution >= 0.6 is 0 Å². The number of hydrogen-bond acceptors (Lipinski definition) is 6. The molecule has 0 aliphatic carbocycles. The van der Waals surface area contributed by atoms with Gasteiger partial charge in [-0.25, -0.2) is 9.67 Å². The minimum absolute atomic E-state index is 0.0502. The van der Waals surface area contributed by atoms with E-state index in [-0.39, 0.29) is 5.91 Å². The summed E-state index contributed by atoms with van der Waals surface area (Å²) in [6, 6.07) is 16.7. The van der Waals surface area contributed by atoms with Crippen LogP contribution in [0.4, 0.5) is 5.69 Å². The highest BCUT2D eigenvalue weighted by Gasteiger charge is 2.13. The molecule has 0 fully saturated rings. The number of rotatable bonds is 8. The number of nitrogens with zero attached hydrogens (tertiary/aromatic N) is 4. The summed E-state index contributed by atoms with van der Waals surface area (Å²) in [7, 11) is 1.63. The Labute approximate surface area is 205 Å². The Hall–Kier alpha value is -4.20. The maximum absolute atomic E-state index is 12.4. The summed E-state index contributed by atoms with van der Waals surface area (Å²) < 4.78 is 12.9. The van der Waals surface area contributed by atoms with Gasteiger partial charge in [0.2, 0.25) is 11.8 Å². The summed E-state index contributed by atoms with van der Waals surface area (Å²) in [4.78, 5) is 21.3. The lowest BCUT2D eigenvalue weighted by Gasteiger charge is -2.10. The molecule has 0 aliphatic rings. The third-order valence-corrected chi connectivity index (χ3v) is 5.83. The van der Waals surface area contributed by atoms with Crippen LogP contribution in [0, 0.1) is 27.7 Å². The van der Waals surface area contributed by atoms with Crippen LogP contribution in [0.5, 0.6) is 17.4 Å². The van der Waals surface area contributed by atoms with Crippen molar-refractivity contribution in [1.29, 1.82) is 0 Å². The van der Waals surface area contributed by atoms with Crippen LogP contribution in [0.1, 0.15) is 34.8 Å². The Morgan fingerprint density at radius 3 is 2.26 bits per heavy atom. The number of benzene rings is 2. The van der Waals surface area contributed by atoms with Crippen molar-refractivity contribution in [3.05, 3.63) is 82.9 Å². The second-order valence-electron chi connectivity index (χ2n) is 8.34. The van der Waals surface area contributed by atoms with Crippen LogP contribution in [0.3, 0.4) is 0 Å². The molecule has 0 spiro atoms. The monoisotopic (exact) mass is 471 g/mol. The summed E-state index contributed by atoms with van der Waals surface area (Å²) in [5, 5.41) is 7.50. The SMILES string of the molecule is COc1ccc(CCC(=O)Nc2ccc(Oc3cc(-n4nc(C)c(C)c4C)nc(C)n3)cc2)cc1. The molecule has 2 aromatic carbocycles.